The van der Waals surface area contributed by atoms with Gasteiger partial charge in [-0.3, -0.25) is 0 Å². The van der Waals surface area contributed by atoms with Crippen LogP contribution >= 0.6 is 0 Å². The molecule has 0 aromatic heterocycles. The number of anilines is 1. The van der Waals surface area contributed by atoms with Gasteiger partial charge in [-0.25, -0.2) is 4.39 Å². The molecule has 2 aliphatic rings. The molecule has 1 N–H and O–H groups in total. The molecule has 3 atom stereocenters. The number of para-hydroxylation sites is 1. The van der Waals surface area contributed by atoms with E-state index in [2.05, 4.69) is 29.6 Å². The van der Waals surface area contributed by atoms with E-state index in [0.29, 0.717) is 17.5 Å². The largest absolute Gasteiger partial charge is 0.375 e. The van der Waals surface area contributed by atoms with Crippen LogP contribution in [-0.2, 0) is 0 Å². The Bertz CT molecular complexity index is 662. The fourth-order valence-corrected chi connectivity index (χ4v) is 3.57. The maximum absolute atomic E-state index is 14.1. The SMILES string of the molecule is Fc1cccc2c1N[C@@H](c1ccccc1)[C@@H]1CC=C[C@H]21. The summed E-state index contributed by atoms with van der Waals surface area (Å²) in [5.74, 6) is 0.654. The van der Waals surface area contributed by atoms with Crippen LogP contribution in [0.4, 0.5) is 10.1 Å². The molecule has 0 fully saturated rings. The number of nitrogens with one attached hydrogen (secondary N) is 1. The van der Waals surface area contributed by atoms with Crippen molar-refractivity contribution in [1.82, 2.24) is 0 Å². The standard InChI is InChI=1S/C18H16FN/c19-16-11-5-10-15-13-8-4-9-14(13)17(20-18(15)16)12-6-2-1-3-7-12/h1-8,10-11,13-14,17,20H,9H2/t13-,14+,17-/m0/s1. The molecule has 2 heteroatoms. The highest BCUT2D eigenvalue weighted by atomic mass is 19.1. The minimum Gasteiger partial charge on any atom is -0.375 e. The summed E-state index contributed by atoms with van der Waals surface area (Å²) in [6.45, 7) is 0. The molecule has 0 unspecified atom stereocenters. The van der Waals surface area contributed by atoms with Crippen LogP contribution in [0.3, 0.4) is 0 Å². The lowest BCUT2D eigenvalue weighted by Gasteiger charge is -2.37. The van der Waals surface area contributed by atoms with Crippen LogP contribution in [0.25, 0.3) is 0 Å². The molecule has 2 aromatic carbocycles. The molecule has 0 bridgehead atoms. The van der Waals surface area contributed by atoms with Gasteiger partial charge in [-0.1, -0.05) is 54.6 Å². The van der Waals surface area contributed by atoms with Gasteiger partial charge < -0.3 is 5.32 Å². The molecule has 1 heterocycles. The summed E-state index contributed by atoms with van der Waals surface area (Å²) in [5.41, 5.74) is 3.00. The predicted octanol–water partition coefficient (Wildman–Crippen LogP) is 4.65. The average Bonchev–Trinajstić information content (AvgIpc) is 2.97. The Hall–Kier alpha value is -2.09. The molecule has 0 radical (unpaired) electrons. The van der Waals surface area contributed by atoms with Crippen LogP contribution in [0, 0.1) is 11.7 Å². The third-order valence-corrected chi connectivity index (χ3v) is 4.50. The van der Waals surface area contributed by atoms with Crippen molar-refractivity contribution in [1.29, 1.82) is 0 Å². The second kappa shape index (κ2) is 4.48. The van der Waals surface area contributed by atoms with Crippen molar-refractivity contribution < 1.29 is 4.39 Å². The zero-order valence-corrected chi connectivity index (χ0v) is 11.1. The third kappa shape index (κ3) is 1.68. The number of hydrogen-bond donors (Lipinski definition) is 1. The van der Waals surface area contributed by atoms with E-state index in [0.717, 1.165) is 12.0 Å². The number of fused-ring (bicyclic) bond motifs is 3. The highest BCUT2D eigenvalue weighted by Crippen LogP contribution is 2.50. The van der Waals surface area contributed by atoms with Crippen LogP contribution in [0.2, 0.25) is 0 Å². The quantitative estimate of drug-likeness (QED) is 0.740. The first-order chi connectivity index (χ1) is 9.84. The number of benzene rings is 2. The molecule has 0 amide bonds. The molecule has 0 spiro atoms. The van der Waals surface area contributed by atoms with Crippen molar-refractivity contribution >= 4 is 5.69 Å². The van der Waals surface area contributed by atoms with E-state index in [4.69, 9.17) is 0 Å². The summed E-state index contributed by atoms with van der Waals surface area (Å²) in [6.07, 6.45) is 5.51. The smallest absolute Gasteiger partial charge is 0.146 e. The van der Waals surface area contributed by atoms with Gasteiger partial charge in [-0.05, 0) is 29.5 Å². The van der Waals surface area contributed by atoms with Crippen molar-refractivity contribution in [2.24, 2.45) is 5.92 Å². The fourth-order valence-electron chi connectivity index (χ4n) is 3.57. The first-order valence-electron chi connectivity index (χ1n) is 7.11. The lowest BCUT2D eigenvalue weighted by Crippen LogP contribution is -2.29. The topological polar surface area (TPSA) is 12.0 Å². The fraction of sp³-hybridized carbons (Fsp3) is 0.222. The Morgan fingerprint density at radius 2 is 1.85 bits per heavy atom. The molecule has 100 valence electrons. The second-order valence-corrected chi connectivity index (χ2v) is 5.59. The first kappa shape index (κ1) is 11.7. The van der Waals surface area contributed by atoms with Gasteiger partial charge in [0.2, 0.25) is 0 Å². The van der Waals surface area contributed by atoms with Gasteiger partial charge in [0.1, 0.15) is 5.82 Å². The molecule has 20 heavy (non-hydrogen) atoms. The number of hydrogen-bond acceptors (Lipinski definition) is 1. The Kier molecular flexibility index (Phi) is 2.62. The van der Waals surface area contributed by atoms with Crippen LogP contribution in [0.1, 0.15) is 29.5 Å². The number of halogens is 1. The molecule has 4 rings (SSSR count). The average molecular weight is 265 g/mol. The minimum atomic E-state index is -0.151. The minimum absolute atomic E-state index is 0.151. The van der Waals surface area contributed by atoms with Crippen LogP contribution in [0.5, 0.6) is 0 Å². The predicted molar refractivity (Wildman–Crippen MR) is 79.2 cm³/mol. The first-order valence-corrected chi connectivity index (χ1v) is 7.11. The van der Waals surface area contributed by atoms with E-state index in [9.17, 15) is 4.39 Å². The van der Waals surface area contributed by atoms with Crippen LogP contribution < -0.4 is 5.32 Å². The summed E-state index contributed by atoms with van der Waals surface area (Å²) < 4.78 is 14.1. The zero-order valence-electron chi connectivity index (χ0n) is 11.1. The Morgan fingerprint density at radius 1 is 1.00 bits per heavy atom. The Labute approximate surface area is 118 Å². The number of rotatable bonds is 1. The van der Waals surface area contributed by atoms with E-state index in [1.165, 1.54) is 11.6 Å². The van der Waals surface area contributed by atoms with Gasteiger partial charge in [0, 0.05) is 5.92 Å². The van der Waals surface area contributed by atoms with Crippen molar-refractivity contribution in [2.45, 2.75) is 18.4 Å². The molecular weight excluding hydrogens is 249 g/mol. The lowest BCUT2D eigenvalue weighted by molar-refractivity contribution is 0.421. The Balaban J connectivity index is 1.83. The van der Waals surface area contributed by atoms with E-state index in [1.54, 1.807) is 0 Å². The van der Waals surface area contributed by atoms with Gasteiger partial charge in [-0.2, -0.15) is 0 Å². The van der Waals surface area contributed by atoms with E-state index in [1.807, 2.05) is 30.3 Å². The van der Waals surface area contributed by atoms with Gasteiger partial charge in [0.25, 0.3) is 0 Å². The molecule has 1 aliphatic heterocycles. The molecule has 2 aromatic rings. The summed E-state index contributed by atoms with van der Waals surface area (Å²) >= 11 is 0. The van der Waals surface area contributed by atoms with Crippen molar-refractivity contribution in [3.05, 3.63) is 77.6 Å². The van der Waals surface area contributed by atoms with E-state index < -0.39 is 0 Å². The summed E-state index contributed by atoms with van der Waals surface area (Å²) in [7, 11) is 0. The molecule has 0 saturated heterocycles. The maximum Gasteiger partial charge on any atom is 0.146 e. The van der Waals surface area contributed by atoms with Crippen molar-refractivity contribution in [3.63, 3.8) is 0 Å². The van der Waals surface area contributed by atoms with E-state index in [-0.39, 0.29) is 11.9 Å². The lowest BCUT2D eigenvalue weighted by atomic mass is 9.77. The monoisotopic (exact) mass is 265 g/mol. The Morgan fingerprint density at radius 3 is 2.70 bits per heavy atom. The zero-order chi connectivity index (χ0) is 13.5. The van der Waals surface area contributed by atoms with Crippen LogP contribution in [-0.4, -0.2) is 0 Å². The molecular formula is C18H16FN. The van der Waals surface area contributed by atoms with E-state index >= 15 is 0 Å². The highest BCUT2D eigenvalue weighted by Gasteiger charge is 2.38. The highest BCUT2D eigenvalue weighted by molar-refractivity contribution is 5.60. The second-order valence-electron chi connectivity index (χ2n) is 5.59. The van der Waals surface area contributed by atoms with Crippen molar-refractivity contribution in [2.75, 3.05) is 5.32 Å². The summed E-state index contributed by atoms with van der Waals surface area (Å²) in [6, 6.07) is 15.9. The van der Waals surface area contributed by atoms with Gasteiger partial charge in [0.05, 0.1) is 11.7 Å². The number of allylic oxidation sites excluding steroid dienone is 2. The summed E-state index contributed by atoms with van der Waals surface area (Å²) in [4.78, 5) is 0. The molecule has 1 aliphatic carbocycles. The van der Waals surface area contributed by atoms with Crippen LogP contribution in [0.15, 0.2) is 60.7 Å². The van der Waals surface area contributed by atoms with Gasteiger partial charge in [-0.15, -0.1) is 0 Å². The normalized spacial score (nSPS) is 26.8. The van der Waals surface area contributed by atoms with Gasteiger partial charge in [0.15, 0.2) is 0 Å². The summed E-state index contributed by atoms with van der Waals surface area (Å²) in [5, 5.41) is 3.44. The van der Waals surface area contributed by atoms with Gasteiger partial charge >= 0.3 is 0 Å². The molecule has 0 saturated carbocycles. The maximum atomic E-state index is 14.1. The van der Waals surface area contributed by atoms with Crippen molar-refractivity contribution in [3.8, 4) is 0 Å². The molecule has 1 nitrogen and oxygen atoms in total. The third-order valence-electron chi connectivity index (χ3n) is 4.50.